The van der Waals surface area contributed by atoms with Gasteiger partial charge in [0.05, 0.1) is 10.6 Å². The number of anilines is 1. The molecule has 0 saturated carbocycles. The van der Waals surface area contributed by atoms with E-state index in [2.05, 4.69) is 15.3 Å². The normalized spacial score (nSPS) is 13.9. The van der Waals surface area contributed by atoms with E-state index in [0.29, 0.717) is 36.0 Å². The zero-order chi connectivity index (χ0) is 22.8. The van der Waals surface area contributed by atoms with Gasteiger partial charge >= 0.3 is 0 Å². The summed E-state index contributed by atoms with van der Waals surface area (Å²) in [6, 6.07) is 19.5. The van der Waals surface area contributed by atoms with E-state index in [9.17, 15) is 13.2 Å². The number of nitrogens with zero attached hydrogens (tertiary/aromatic N) is 3. The molecule has 0 saturated heterocycles. The first-order chi connectivity index (χ1) is 16.0. The summed E-state index contributed by atoms with van der Waals surface area (Å²) in [6.07, 6.45) is 2.35. The van der Waals surface area contributed by atoms with Crippen LogP contribution in [0.15, 0.2) is 83.2 Å². The summed E-state index contributed by atoms with van der Waals surface area (Å²) < 4.78 is 28.0. The molecular formula is C24H20N4O3S2. The average Bonchev–Trinajstić information content (AvgIpc) is 3.33. The smallest absolute Gasteiger partial charge is 0.257 e. The van der Waals surface area contributed by atoms with Gasteiger partial charge in [0.2, 0.25) is 10.0 Å². The molecule has 0 spiro atoms. The molecule has 3 heterocycles. The first-order valence-electron chi connectivity index (χ1n) is 10.4. The molecule has 166 valence electrons. The fourth-order valence-corrected chi connectivity index (χ4v) is 5.92. The number of thiazole rings is 1. The standard InChI is InChI=1S/C24H20N4O3S2/c29-23(27-24-26-22(16-32-24)21-10-3-4-12-25-21)18-8-5-9-20(14-18)33(30,31)28-13-11-17-6-1-2-7-19(17)15-28/h1-10,12,14,16H,11,13,15H2,(H,26,27,29). The van der Waals surface area contributed by atoms with Gasteiger partial charge in [-0.2, -0.15) is 4.31 Å². The van der Waals surface area contributed by atoms with Crippen molar-refractivity contribution in [1.29, 1.82) is 0 Å². The highest BCUT2D eigenvalue weighted by Crippen LogP contribution is 2.26. The zero-order valence-electron chi connectivity index (χ0n) is 17.5. The van der Waals surface area contributed by atoms with Crippen molar-refractivity contribution in [2.45, 2.75) is 17.9 Å². The van der Waals surface area contributed by atoms with E-state index < -0.39 is 15.9 Å². The Hall–Kier alpha value is -3.40. The number of fused-ring (bicyclic) bond motifs is 1. The van der Waals surface area contributed by atoms with E-state index >= 15 is 0 Å². The van der Waals surface area contributed by atoms with Crippen LogP contribution in [0.5, 0.6) is 0 Å². The van der Waals surface area contributed by atoms with E-state index in [0.717, 1.165) is 5.56 Å². The number of nitrogens with one attached hydrogen (secondary N) is 1. The van der Waals surface area contributed by atoms with Crippen molar-refractivity contribution >= 4 is 32.4 Å². The second kappa shape index (κ2) is 8.86. The fraction of sp³-hybridized carbons (Fsp3) is 0.125. The summed E-state index contributed by atoms with van der Waals surface area (Å²) >= 11 is 1.28. The van der Waals surface area contributed by atoms with Crippen molar-refractivity contribution < 1.29 is 13.2 Å². The fourth-order valence-electron chi connectivity index (χ4n) is 3.75. The molecule has 1 amide bonds. The molecule has 5 rings (SSSR count). The summed E-state index contributed by atoms with van der Waals surface area (Å²) in [5.74, 6) is -0.419. The number of benzene rings is 2. The van der Waals surface area contributed by atoms with Gasteiger partial charge in [-0.25, -0.2) is 13.4 Å². The summed E-state index contributed by atoms with van der Waals surface area (Å²) in [5.41, 5.74) is 3.81. The van der Waals surface area contributed by atoms with E-state index in [1.807, 2.05) is 47.8 Å². The number of aromatic nitrogens is 2. The summed E-state index contributed by atoms with van der Waals surface area (Å²) in [6.45, 7) is 0.732. The molecule has 0 fully saturated rings. The number of carbonyl (C=O) groups excluding carboxylic acids is 1. The lowest BCUT2D eigenvalue weighted by molar-refractivity contribution is 0.102. The third-order valence-electron chi connectivity index (χ3n) is 5.48. The second-order valence-electron chi connectivity index (χ2n) is 7.59. The van der Waals surface area contributed by atoms with Gasteiger partial charge in [0, 0.05) is 30.2 Å². The lowest BCUT2D eigenvalue weighted by Gasteiger charge is -2.28. The number of rotatable bonds is 5. The lowest BCUT2D eigenvalue weighted by Crippen LogP contribution is -2.36. The Balaban J connectivity index is 1.34. The first kappa shape index (κ1) is 21.4. The molecule has 0 aliphatic carbocycles. The third kappa shape index (κ3) is 4.43. The van der Waals surface area contributed by atoms with Gasteiger partial charge in [-0.15, -0.1) is 11.3 Å². The van der Waals surface area contributed by atoms with Crippen molar-refractivity contribution in [1.82, 2.24) is 14.3 Å². The van der Waals surface area contributed by atoms with E-state index in [1.54, 1.807) is 18.3 Å². The van der Waals surface area contributed by atoms with E-state index in [4.69, 9.17) is 0 Å². The average molecular weight is 477 g/mol. The van der Waals surface area contributed by atoms with Crippen LogP contribution in [-0.2, 0) is 23.0 Å². The van der Waals surface area contributed by atoms with Gasteiger partial charge in [0.15, 0.2) is 5.13 Å². The maximum absolute atomic E-state index is 13.3. The Morgan fingerprint density at radius 3 is 2.61 bits per heavy atom. The molecule has 7 nitrogen and oxygen atoms in total. The minimum atomic E-state index is -3.73. The SMILES string of the molecule is O=C(Nc1nc(-c2ccccn2)cs1)c1cccc(S(=O)(=O)N2CCc3ccccc3C2)c1. The molecule has 33 heavy (non-hydrogen) atoms. The monoisotopic (exact) mass is 476 g/mol. The van der Waals surface area contributed by atoms with Gasteiger partial charge in [-0.05, 0) is 47.9 Å². The molecule has 2 aromatic heterocycles. The number of pyridine rings is 1. The van der Waals surface area contributed by atoms with Gasteiger partial charge in [-0.3, -0.25) is 15.1 Å². The van der Waals surface area contributed by atoms with Crippen LogP contribution in [-0.4, -0.2) is 35.1 Å². The molecule has 1 aliphatic rings. The van der Waals surface area contributed by atoms with Crippen LogP contribution in [0, 0.1) is 0 Å². The second-order valence-corrected chi connectivity index (χ2v) is 10.4. The largest absolute Gasteiger partial charge is 0.298 e. The minimum absolute atomic E-state index is 0.0999. The predicted molar refractivity (Wildman–Crippen MR) is 127 cm³/mol. The molecule has 1 N–H and O–H groups in total. The molecule has 9 heteroatoms. The van der Waals surface area contributed by atoms with Crippen LogP contribution in [0.25, 0.3) is 11.4 Å². The Labute approximate surface area is 195 Å². The van der Waals surface area contributed by atoms with Crippen LogP contribution >= 0.6 is 11.3 Å². The predicted octanol–water partition coefficient (Wildman–Crippen LogP) is 4.20. The Morgan fingerprint density at radius 1 is 0.970 bits per heavy atom. The van der Waals surface area contributed by atoms with Gasteiger partial charge < -0.3 is 0 Å². The minimum Gasteiger partial charge on any atom is -0.298 e. The molecule has 0 unspecified atom stereocenters. The van der Waals surface area contributed by atoms with Gasteiger partial charge in [-0.1, -0.05) is 36.4 Å². The lowest BCUT2D eigenvalue weighted by atomic mass is 10.0. The number of carbonyl (C=O) groups is 1. The number of sulfonamides is 1. The Bertz CT molecular complexity index is 1420. The molecule has 4 aromatic rings. The van der Waals surface area contributed by atoms with Crippen LogP contribution < -0.4 is 5.32 Å². The highest BCUT2D eigenvalue weighted by atomic mass is 32.2. The molecule has 0 atom stereocenters. The summed E-state index contributed by atoms with van der Waals surface area (Å²) in [5, 5.41) is 4.98. The molecule has 2 aromatic carbocycles. The molecular weight excluding hydrogens is 456 g/mol. The Morgan fingerprint density at radius 2 is 1.79 bits per heavy atom. The highest BCUT2D eigenvalue weighted by Gasteiger charge is 2.28. The third-order valence-corrected chi connectivity index (χ3v) is 8.08. The van der Waals surface area contributed by atoms with Crippen LogP contribution in [0.4, 0.5) is 5.13 Å². The van der Waals surface area contributed by atoms with E-state index in [1.165, 1.54) is 33.3 Å². The Kier molecular flexibility index (Phi) is 5.76. The maximum atomic E-state index is 13.3. The van der Waals surface area contributed by atoms with Gasteiger partial charge in [0.1, 0.15) is 5.69 Å². The van der Waals surface area contributed by atoms with Crippen molar-refractivity contribution in [3.63, 3.8) is 0 Å². The van der Waals surface area contributed by atoms with Crippen LogP contribution in [0.3, 0.4) is 0 Å². The van der Waals surface area contributed by atoms with Crippen LogP contribution in [0.2, 0.25) is 0 Å². The first-order valence-corrected chi connectivity index (χ1v) is 12.7. The van der Waals surface area contributed by atoms with Crippen molar-refractivity contribution in [2.24, 2.45) is 0 Å². The topological polar surface area (TPSA) is 92.3 Å². The zero-order valence-corrected chi connectivity index (χ0v) is 19.1. The summed E-state index contributed by atoms with van der Waals surface area (Å²) in [7, 11) is -3.73. The molecule has 0 bridgehead atoms. The van der Waals surface area contributed by atoms with Crippen LogP contribution in [0.1, 0.15) is 21.5 Å². The van der Waals surface area contributed by atoms with Crippen molar-refractivity contribution in [3.05, 3.63) is 95.0 Å². The number of hydrogen-bond donors (Lipinski definition) is 1. The molecule has 0 radical (unpaired) electrons. The molecule has 1 aliphatic heterocycles. The summed E-state index contributed by atoms with van der Waals surface area (Å²) in [4.78, 5) is 21.6. The van der Waals surface area contributed by atoms with Crippen molar-refractivity contribution in [3.8, 4) is 11.4 Å². The van der Waals surface area contributed by atoms with Gasteiger partial charge in [0.25, 0.3) is 5.91 Å². The van der Waals surface area contributed by atoms with Crippen molar-refractivity contribution in [2.75, 3.05) is 11.9 Å². The quantitative estimate of drug-likeness (QED) is 0.466. The van der Waals surface area contributed by atoms with E-state index in [-0.39, 0.29) is 10.5 Å². The number of hydrogen-bond acceptors (Lipinski definition) is 6. The number of amides is 1. The highest BCUT2D eigenvalue weighted by molar-refractivity contribution is 7.89. The maximum Gasteiger partial charge on any atom is 0.257 e.